The Kier molecular flexibility index (Phi) is 6.46. The molecule has 1 fully saturated rings. The summed E-state index contributed by atoms with van der Waals surface area (Å²) >= 11 is 1.34. The number of hydrogen-bond donors (Lipinski definition) is 1. The van der Waals surface area contributed by atoms with Gasteiger partial charge < -0.3 is 10.1 Å². The number of rotatable bonds is 6. The number of thiophene rings is 1. The molecule has 1 aliphatic heterocycles. The molecule has 0 saturated carbocycles. The number of nitrogens with zero attached hydrogens (tertiary/aromatic N) is 1. The third-order valence-electron chi connectivity index (χ3n) is 5.67. The third kappa shape index (κ3) is 4.56. The minimum Gasteiger partial charge on any atom is -0.380 e. The molecule has 0 spiro atoms. The molecule has 0 unspecified atom stereocenters. The lowest BCUT2D eigenvalue weighted by Crippen LogP contribution is -2.44. The van der Waals surface area contributed by atoms with Crippen LogP contribution in [0.15, 0.2) is 42.5 Å². The SMILES string of the molecule is COCc1c(C(=O)NC2CCN(Cc3cccc(C)c3)CC2)sc2cccc(F)c12. The van der Waals surface area contributed by atoms with E-state index in [0.29, 0.717) is 15.8 Å². The standard InChI is InChI=1S/C24H27FN2O2S/c1-16-5-3-6-17(13-16)14-27-11-9-18(10-12-27)26-24(28)23-19(15-29-2)22-20(25)7-4-8-21(22)30-23/h3-8,13,18H,9-12,14-15H2,1-2H3,(H,26,28). The van der Waals surface area contributed by atoms with E-state index in [-0.39, 0.29) is 24.4 Å². The van der Waals surface area contributed by atoms with Crippen LogP contribution in [0.2, 0.25) is 0 Å². The monoisotopic (exact) mass is 426 g/mol. The molecule has 3 aromatic rings. The second-order valence-electron chi connectivity index (χ2n) is 7.97. The van der Waals surface area contributed by atoms with Crippen molar-refractivity contribution in [3.8, 4) is 0 Å². The molecule has 30 heavy (non-hydrogen) atoms. The number of aryl methyl sites for hydroxylation is 1. The van der Waals surface area contributed by atoms with E-state index in [2.05, 4.69) is 41.4 Å². The summed E-state index contributed by atoms with van der Waals surface area (Å²) in [6.45, 7) is 5.17. The average molecular weight is 427 g/mol. The Labute approximate surface area is 180 Å². The highest BCUT2D eigenvalue weighted by atomic mass is 32.1. The van der Waals surface area contributed by atoms with Gasteiger partial charge in [0, 0.05) is 48.4 Å². The van der Waals surface area contributed by atoms with Gasteiger partial charge in [-0.2, -0.15) is 0 Å². The molecule has 2 aromatic carbocycles. The van der Waals surface area contributed by atoms with Gasteiger partial charge in [0.1, 0.15) is 5.82 Å². The number of ether oxygens (including phenoxy) is 1. The van der Waals surface area contributed by atoms with Crippen molar-refractivity contribution in [1.82, 2.24) is 10.2 Å². The molecule has 0 radical (unpaired) electrons. The molecule has 6 heteroatoms. The number of benzene rings is 2. The molecular formula is C24H27FN2O2S. The second-order valence-corrected chi connectivity index (χ2v) is 9.02. The van der Waals surface area contributed by atoms with Crippen molar-refractivity contribution in [2.75, 3.05) is 20.2 Å². The Morgan fingerprint density at radius 1 is 1.23 bits per heavy atom. The zero-order valence-corrected chi connectivity index (χ0v) is 18.2. The van der Waals surface area contributed by atoms with Crippen LogP contribution in [0.3, 0.4) is 0 Å². The first-order valence-electron chi connectivity index (χ1n) is 10.3. The zero-order chi connectivity index (χ0) is 21.1. The Bertz CT molecular complexity index is 1040. The number of nitrogens with one attached hydrogen (secondary N) is 1. The molecule has 2 heterocycles. The number of methoxy groups -OCH3 is 1. The highest BCUT2D eigenvalue weighted by Crippen LogP contribution is 2.34. The summed E-state index contributed by atoms with van der Waals surface area (Å²) in [6, 6.07) is 13.7. The molecule has 4 rings (SSSR count). The highest BCUT2D eigenvalue weighted by molar-refractivity contribution is 7.21. The number of piperidine rings is 1. The van der Waals surface area contributed by atoms with Gasteiger partial charge in [0.05, 0.1) is 11.5 Å². The molecule has 1 saturated heterocycles. The quantitative estimate of drug-likeness (QED) is 0.610. The summed E-state index contributed by atoms with van der Waals surface area (Å²) < 4.78 is 20.4. The maximum Gasteiger partial charge on any atom is 0.261 e. The number of hydrogen-bond acceptors (Lipinski definition) is 4. The maximum absolute atomic E-state index is 14.4. The normalized spacial score (nSPS) is 15.6. The summed E-state index contributed by atoms with van der Waals surface area (Å²) in [7, 11) is 1.57. The van der Waals surface area contributed by atoms with Crippen molar-refractivity contribution in [2.45, 2.75) is 39.0 Å². The predicted octanol–water partition coefficient (Wildman–Crippen LogP) is 4.89. The lowest BCUT2D eigenvalue weighted by molar-refractivity contribution is 0.0909. The van der Waals surface area contributed by atoms with Crippen LogP contribution >= 0.6 is 11.3 Å². The van der Waals surface area contributed by atoms with E-state index in [1.807, 2.05) is 6.07 Å². The molecule has 0 bridgehead atoms. The van der Waals surface area contributed by atoms with Gasteiger partial charge in [-0.25, -0.2) is 4.39 Å². The van der Waals surface area contributed by atoms with Crippen molar-refractivity contribution in [3.63, 3.8) is 0 Å². The molecule has 1 aliphatic rings. The first-order valence-corrected chi connectivity index (χ1v) is 11.1. The lowest BCUT2D eigenvalue weighted by atomic mass is 10.0. The van der Waals surface area contributed by atoms with E-state index < -0.39 is 0 Å². The molecule has 1 amide bonds. The van der Waals surface area contributed by atoms with Gasteiger partial charge in [0.2, 0.25) is 0 Å². The number of halogens is 1. The zero-order valence-electron chi connectivity index (χ0n) is 17.4. The van der Waals surface area contributed by atoms with Crippen molar-refractivity contribution in [3.05, 3.63) is 69.8 Å². The van der Waals surface area contributed by atoms with Crippen LogP contribution in [0.5, 0.6) is 0 Å². The van der Waals surface area contributed by atoms with Crippen LogP contribution in [-0.4, -0.2) is 37.0 Å². The van der Waals surface area contributed by atoms with Crippen LogP contribution < -0.4 is 5.32 Å². The van der Waals surface area contributed by atoms with Gasteiger partial charge in [-0.05, 0) is 37.5 Å². The summed E-state index contributed by atoms with van der Waals surface area (Å²) in [5.41, 5.74) is 3.25. The minimum atomic E-state index is -0.306. The Balaban J connectivity index is 1.40. The minimum absolute atomic E-state index is 0.125. The van der Waals surface area contributed by atoms with Gasteiger partial charge >= 0.3 is 0 Å². The molecule has 158 valence electrons. The average Bonchev–Trinajstić information content (AvgIpc) is 3.10. The van der Waals surface area contributed by atoms with Gasteiger partial charge in [-0.3, -0.25) is 9.69 Å². The van der Waals surface area contributed by atoms with Crippen LogP contribution in [-0.2, 0) is 17.9 Å². The van der Waals surface area contributed by atoms with Crippen molar-refractivity contribution in [2.24, 2.45) is 0 Å². The fourth-order valence-corrected chi connectivity index (χ4v) is 5.31. The van der Waals surface area contributed by atoms with Crippen LogP contribution in [0, 0.1) is 12.7 Å². The number of carbonyl (C=O) groups excluding carboxylic acids is 1. The van der Waals surface area contributed by atoms with Gasteiger partial charge in [-0.1, -0.05) is 35.9 Å². The van der Waals surface area contributed by atoms with E-state index in [0.717, 1.165) is 37.2 Å². The smallest absolute Gasteiger partial charge is 0.261 e. The Morgan fingerprint density at radius 3 is 2.73 bits per heavy atom. The van der Waals surface area contributed by atoms with E-state index >= 15 is 0 Å². The van der Waals surface area contributed by atoms with Gasteiger partial charge in [-0.15, -0.1) is 11.3 Å². The lowest BCUT2D eigenvalue weighted by Gasteiger charge is -2.32. The fourth-order valence-electron chi connectivity index (χ4n) is 4.19. The van der Waals surface area contributed by atoms with E-state index in [9.17, 15) is 9.18 Å². The fraction of sp³-hybridized carbons (Fsp3) is 0.375. The highest BCUT2D eigenvalue weighted by Gasteiger charge is 2.25. The van der Waals surface area contributed by atoms with Crippen molar-refractivity contribution >= 4 is 27.3 Å². The largest absolute Gasteiger partial charge is 0.380 e. The van der Waals surface area contributed by atoms with Crippen molar-refractivity contribution in [1.29, 1.82) is 0 Å². The van der Waals surface area contributed by atoms with Gasteiger partial charge in [0.15, 0.2) is 0 Å². The first-order chi connectivity index (χ1) is 14.5. The van der Waals surface area contributed by atoms with Crippen LogP contribution in [0.1, 0.15) is 39.2 Å². The number of carbonyl (C=O) groups is 1. The Morgan fingerprint density at radius 2 is 2.00 bits per heavy atom. The second kappa shape index (κ2) is 9.25. The number of likely N-dealkylation sites (tertiary alicyclic amines) is 1. The van der Waals surface area contributed by atoms with Gasteiger partial charge in [0.25, 0.3) is 5.91 Å². The van der Waals surface area contributed by atoms with Crippen LogP contribution in [0.4, 0.5) is 4.39 Å². The predicted molar refractivity (Wildman–Crippen MR) is 119 cm³/mol. The summed E-state index contributed by atoms with van der Waals surface area (Å²) in [5, 5.41) is 3.68. The molecule has 0 aliphatic carbocycles. The van der Waals surface area contributed by atoms with E-state index in [1.54, 1.807) is 13.2 Å². The van der Waals surface area contributed by atoms with Crippen LogP contribution in [0.25, 0.3) is 10.1 Å². The van der Waals surface area contributed by atoms with E-state index in [1.165, 1.54) is 28.5 Å². The van der Waals surface area contributed by atoms with E-state index in [4.69, 9.17) is 4.74 Å². The molecular weight excluding hydrogens is 399 g/mol. The Hall–Kier alpha value is -2.28. The summed E-state index contributed by atoms with van der Waals surface area (Å²) in [4.78, 5) is 16.0. The topological polar surface area (TPSA) is 41.6 Å². The molecule has 1 N–H and O–H groups in total. The summed E-state index contributed by atoms with van der Waals surface area (Å²) in [5.74, 6) is -0.431. The first kappa shape index (κ1) is 21.0. The number of fused-ring (bicyclic) bond motifs is 1. The molecule has 0 atom stereocenters. The molecule has 1 aromatic heterocycles. The molecule has 4 nitrogen and oxygen atoms in total. The maximum atomic E-state index is 14.4. The van der Waals surface area contributed by atoms with Crippen molar-refractivity contribution < 1.29 is 13.9 Å². The summed E-state index contributed by atoms with van der Waals surface area (Å²) in [6.07, 6.45) is 1.83. The third-order valence-corrected chi connectivity index (χ3v) is 6.87. The number of amides is 1.